The van der Waals surface area contributed by atoms with E-state index in [9.17, 15) is 0 Å². The van der Waals surface area contributed by atoms with Crippen LogP contribution in [0.1, 0.15) is 11.1 Å². The Morgan fingerprint density at radius 1 is 0.560 bits per heavy atom. The van der Waals surface area contributed by atoms with Crippen LogP contribution in [0.2, 0.25) is 0 Å². The molecule has 124 valence electrons. The number of aryl methyl sites for hydroxylation is 2. The smallest absolute Gasteiger partial charge is 0.214 e. The molecule has 0 nitrogen and oxygen atoms in total. The summed E-state index contributed by atoms with van der Waals surface area (Å²) >= 11 is 0. The molecule has 4 aromatic rings. The Hall–Kier alpha value is -1.98. The van der Waals surface area contributed by atoms with Crippen LogP contribution in [0.15, 0.2) is 109 Å². The van der Waals surface area contributed by atoms with Gasteiger partial charge in [-0.25, -0.2) is 24.3 Å². The summed E-state index contributed by atoms with van der Waals surface area (Å²) < 4.78 is 0. The van der Waals surface area contributed by atoms with Crippen molar-refractivity contribution in [2.75, 3.05) is 0 Å². The maximum Gasteiger partial charge on any atom is 4.00 e. The number of hydrogen-bond acceptors (Lipinski definition) is 0. The maximum absolute atomic E-state index is 2.93. The van der Waals surface area contributed by atoms with Gasteiger partial charge in [-0.1, -0.05) is 13.8 Å². The quantitative estimate of drug-likeness (QED) is 0.298. The van der Waals surface area contributed by atoms with Gasteiger partial charge >= 0.3 is 26.2 Å². The van der Waals surface area contributed by atoms with Crippen LogP contribution >= 0.6 is 0 Å². The van der Waals surface area contributed by atoms with Gasteiger partial charge in [0.25, 0.3) is 0 Å². The van der Waals surface area contributed by atoms with Crippen molar-refractivity contribution in [3.05, 3.63) is 132 Å². The summed E-state index contributed by atoms with van der Waals surface area (Å²) in [4.78, 5) is 0. The Labute approximate surface area is 172 Å². The molecule has 0 aromatic heterocycles. The predicted octanol–water partition coefficient (Wildman–Crippen LogP) is 6.40. The number of hydrogen-bond donors (Lipinski definition) is 0. The van der Waals surface area contributed by atoms with Crippen LogP contribution in [-0.4, -0.2) is 0 Å². The third-order valence-corrected chi connectivity index (χ3v) is 2.88. The first kappa shape index (κ1) is 23.0. The molecule has 0 radical (unpaired) electrons. The van der Waals surface area contributed by atoms with Gasteiger partial charge in [0.2, 0.25) is 0 Å². The molecule has 0 saturated heterocycles. The molecule has 0 saturated carbocycles. The zero-order chi connectivity index (χ0) is 17.3. The first-order valence-electron chi connectivity index (χ1n) is 7.98. The van der Waals surface area contributed by atoms with Crippen molar-refractivity contribution in [3.63, 3.8) is 0 Å². The van der Waals surface area contributed by atoms with Gasteiger partial charge in [0.15, 0.2) is 0 Å². The van der Waals surface area contributed by atoms with Gasteiger partial charge in [-0.3, -0.25) is 0 Å². The number of rotatable bonds is 0. The molecule has 25 heavy (non-hydrogen) atoms. The molecule has 0 heterocycles. The van der Waals surface area contributed by atoms with E-state index < -0.39 is 0 Å². The summed E-state index contributed by atoms with van der Waals surface area (Å²) in [6.45, 7) is 4.13. The van der Waals surface area contributed by atoms with Crippen LogP contribution < -0.4 is 0 Å². The fourth-order valence-corrected chi connectivity index (χ4v) is 1.58. The molecule has 0 fully saturated rings. The van der Waals surface area contributed by atoms with Gasteiger partial charge < -0.3 is 0 Å². The fourth-order valence-electron chi connectivity index (χ4n) is 1.58. The summed E-state index contributed by atoms with van der Waals surface area (Å²) in [7, 11) is 0. The molecule has 0 amide bonds. The van der Waals surface area contributed by atoms with Crippen molar-refractivity contribution >= 4 is 0 Å². The molecule has 1 heteroatoms. The molecule has 0 N–H and O–H groups in total. The van der Waals surface area contributed by atoms with E-state index in [0.29, 0.717) is 0 Å². The van der Waals surface area contributed by atoms with Crippen LogP contribution in [0.25, 0.3) is 0 Å². The monoisotopic (exact) mass is 402 g/mol. The van der Waals surface area contributed by atoms with Crippen LogP contribution in [0, 0.1) is 26.0 Å². The molecule has 0 aliphatic carbocycles. The first-order chi connectivity index (χ1) is 11.8. The molecule has 0 spiro atoms. The van der Waals surface area contributed by atoms with Gasteiger partial charge in [-0.15, -0.1) is 0 Å². The minimum Gasteiger partial charge on any atom is -0.214 e. The largest absolute Gasteiger partial charge is 4.00 e. The Balaban J connectivity index is 0.000000307. The zero-order valence-electron chi connectivity index (χ0n) is 14.9. The summed E-state index contributed by atoms with van der Waals surface area (Å²) in [6, 6.07) is 41.6. The summed E-state index contributed by atoms with van der Waals surface area (Å²) in [5.41, 5.74) is 2.58. The Morgan fingerprint density at radius 3 is 0.960 bits per heavy atom. The van der Waals surface area contributed by atoms with E-state index in [1.165, 1.54) is 11.1 Å². The van der Waals surface area contributed by atoms with Crippen molar-refractivity contribution in [3.8, 4) is 0 Å². The zero-order valence-corrected chi connectivity index (χ0v) is 17.4. The van der Waals surface area contributed by atoms with Crippen molar-refractivity contribution in [2.45, 2.75) is 13.8 Å². The van der Waals surface area contributed by atoms with Crippen LogP contribution in [-0.2, 0) is 26.2 Å². The second-order valence-electron chi connectivity index (χ2n) is 5.08. The van der Waals surface area contributed by atoms with E-state index in [1.807, 2.05) is 109 Å². The van der Waals surface area contributed by atoms with E-state index >= 15 is 0 Å². The maximum atomic E-state index is 2.93. The van der Waals surface area contributed by atoms with E-state index in [-0.39, 0.29) is 26.2 Å². The van der Waals surface area contributed by atoms with E-state index in [2.05, 4.69) is 26.0 Å². The topological polar surface area (TPSA) is 0 Å². The van der Waals surface area contributed by atoms with Crippen molar-refractivity contribution in [1.82, 2.24) is 0 Å². The number of benzene rings is 2. The summed E-state index contributed by atoms with van der Waals surface area (Å²) in [6.07, 6.45) is 0. The second-order valence-corrected chi connectivity index (χ2v) is 5.08. The third kappa shape index (κ3) is 15.3. The van der Waals surface area contributed by atoms with Crippen LogP contribution in [0.4, 0.5) is 0 Å². The fraction of sp³-hybridized carbons (Fsp3) is 0.0833. The van der Waals surface area contributed by atoms with E-state index in [4.69, 9.17) is 0 Å². The van der Waals surface area contributed by atoms with Gasteiger partial charge in [0.1, 0.15) is 0 Å². The summed E-state index contributed by atoms with van der Waals surface area (Å²) in [5, 5.41) is 0. The van der Waals surface area contributed by atoms with E-state index in [1.54, 1.807) is 0 Å². The average Bonchev–Trinajstić information content (AvgIpc) is 3.36. The molecule has 4 rings (SSSR count). The van der Waals surface area contributed by atoms with Crippen LogP contribution in [0.3, 0.4) is 0 Å². The van der Waals surface area contributed by atoms with Gasteiger partial charge in [0, 0.05) is 0 Å². The molecule has 0 unspecified atom stereocenters. The van der Waals surface area contributed by atoms with Gasteiger partial charge in [-0.05, 0) is 0 Å². The Kier molecular flexibility index (Phi) is 15.5. The second kappa shape index (κ2) is 16.9. The minimum absolute atomic E-state index is 0. The molecule has 0 bridgehead atoms. The Bertz CT molecular complexity index is 567. The molecule has 0 atom stereocenters. The summed E-state index contributed by atoms with van der Waals surface area (Å²) in [5.74, 6) is 0. The van der Waals surface area contributed by atoms with Gasteiger partial charge in [0.05, 0.1) is 0 Å². The minimum atomic E-state index is 0. The first-order valence-corrected chi connectivity index (χ1v) is 7.98. The molecular formula is C24H24Zr. The average molecular weight is 404 g/mol. The standard InChI is InChI=1S/2C7H7.2C5H5.Zr/c2*1-7-5-3-2-4-6-7;2*1-2-4-5-3-1;/h2*3-6H,1H3;2*1-5H;/q4*-1;+4. The van der Waals surface area contributed by atoms with E-state index in [0.717, 1.165) is 0 Å². The van der Waals surface area contributed by atoms with Crippen molar-refractivity contribution < 1.29 is 26.2 Å². The Morgan fingerprint density at radius 2 is 0.840 bits per heavy atom. The molecule has 4 aromatic carbocycles. The predicted molar refractivity (Wildman–Crippen MR) is 104 cm³/mol. The normalized spacial score (nSPS) is 8.08. The van der Waals surface area contributed by atoms with Gasteiger partial charge in [-0.2, -0.15) is 108 Å². The SMILES string of the molecule is Cc1cc[c-]cc1.Cc1cc[c-]cc1.[Zr+4].c1cc[cH-]c1.c1cc[cH-]c1. The third-order valence-electron chi connectivity index (χ3n) is 2.88. The molecule has 0 aliphatic heterocycles. The molecular weight excluding hydrogens is 379 g/mol. The van der Waals surface area contributed by atoms with Crippen molar-refractivity contribution in [1.29, 1.82) is 0 Å². The van der Waals surface area contributed by atoms with Crippen LogP contribution in [0.5, 0.6) is 0 Å². The van der Waals surface area contributed by atoms with Crippen molar-refractivity contribution in [2.24, 2.45) is 0 Å². The molecule has 0 aliphatic rings.